The third kappa shape index (κ3) is 8.86. The molecule has 6 heteroatoms. The van der Waals surface area contributed by atoms with Gasteiger partial charge >= 0.3 is 0 Å². The Labute approximate surface area is 376 Å². The second-order valence-electron chi connectivity index (χ2n) is 18.5. The van der Waals surface area contributed by atoms with E-state index in [0.717, 1.165) is 61.2 Å². The Morgan fingerprint density at radius 1 is 0.672 bits per heavy atom. The van der Waals surface area contributed by atoms with Crippen molar-refractivity contribution in [1.29, 1.82) is 0 Å². The van der Waals surface area contributed by atoms with Crippen molar-refractivity contribution in [2.45, 2.75) is 85.4 Å². The van der Waals surface area contributed by atoms with Gasteiger partial charge in [-0.05, 0) is 74.1 Å². The second kappa shape index (κ2) is 17.5. The van der Waals surface area contributed by atoms with Crippen LogP contribution in [0, 0.1) is 12.1 Å². The van der Waals surface area contributed by atoms with E-state index >= 15 is 0 Å². The first-order valence-corrected chi connectivity index (χ1v) is 24.7. The molecule has 0 aliphatic rings. The van der Waals surface area contributed by atoms with Gasteiger partial charge in [-0.25, -0.2) is 0 Å². The van der Waals surface area contributed by atoms with Crippen molar-refractivity contribution in [3.05, 3.63) is 168 Å². The number of para-hydroxylation sites is 3. The van der Waals surface area contributed by atoms with Gasteiger partial charge in [0.05, 0.1) is 30.5 Å². The summed E-state index contributed by atoms with van der Waals surface area (Å²) in [5.41, 5.74) is 14.2. The molecule has 0 spiro atoms. The molecular formula is C55H55IrN3OSi-2. The first kappa shape index (κ1) is 43.7. The van der Waals surface area contributed by atoms with Crippen molar-refractivity contribution in [2.24, 2.45) is 0 Å². The molecule has 4 nitrogen and oxygen atoms in total. The Morgan fingerprint density at radius 3 is 1.98 bits per heavy atom. The van der Waals surface area contributed by atoms with Gasteiger partial charge in [0.25, 0.3) is 0 Å². The molecule has 0 saturated carbocycles. The third-order valence-corrected chi connectivity index (χ3v) is 13.5. The average Bonchev–Trinajstić information content (AvgIpc) is 3.82. The molecule has 3 heterocycles. The Balaban J connectivity index is 0.000000278. The van der Waals surface area contributed by atoms with E-state index in [2.05, 4.69) is 193 Å². The average molecular weight is 994 g/mol. The summed E-state index contributed by atoms with van der Waals surface area (Å²) in [6, 6.07) is 53.7. The number of benzene rings is 6. The third-order valence-electron chi connectivity index (χ3n) is 11.5. The Morgan fingerprint density at radius 2 is 1.36 bits per heavy atom. The van der Waals surface area contributed by atoms with Gasteiger partial charge in [-0.1, -0.05) is 158 Å². The fourth-order valence-corrected chi connectivity index (χ4v) is 9.02. The van der Waals surface area contributed by atoms with E-state index in [-0.39, 0.29) is 25.5 Å². The molecule has 61 heavy (non-hydrogen) atoms. The molecule has 0 aliphatic carbocycles. The summed E-state index contributed by atoms with van der Waals surface area (Å²) in [6.07, 6.45) is 2.02. The van der Waals surface area contributed by atoms with Crippen molar-refractivity contribution in [1.82, 2.24) is 14.5 Å². The number of rotatable bonds is 7. The van der Waals surface area contributed by atoms with Crippen molar-refractivity contribution < 1.29 is 24.5 Å². The SMILES string of the molecule is CC(C)c1cccc(C(C)C)c1-n1c(-c2[c-]ccc3c2oc2cc(-c4ccc(C(C)(C)C)cc4)ccc23)nc2ccccc21.C[Si](C)(C)c1ccc(-c2[c-]cccc2)nc1.[Ir]. The molecule has 9 aromatic rings. The van der Waals surface area contributed by atoms with Crippen molar-refractivity contribution in [3.63, 3.8) is 0 Å². The van der Waals surface area contributed by atoms with E-state index in [0.29, 0.717) is 11.8 Å². The molecule has 0 bridgehead atoms. The van der Waals surface area contributed by atoms with E-state index in [9.17, 15) is 0 Å². The molecule has 6 aromatic carbocycles. The van der Waals surface area contributed by atoms with Gasteiger partial charge in [-0.15, -0.1) is 54.1 Å². The van der Waals surface area contributed by atoms with Crippen LogP contribution in [-0.4, -0.2) is 22.6 Å². The Bertz CT molecular complexity index is 2900. The van der Waals surface area contributed by atoms with Gasteiger partial charge in [0.15, 0.2) is 0 Å². The number of fused-ring (bicyclic) bond motifs is 4. The Hall–Kier alpha value is -5.39. The minimum absolute atomic E-state index is 0. The number of nitrogens with zero attached hydrogens (tertiary/aromatic N) is 3. The van der Waals surface area contributed by atoms with Gasteiger partial charge in [0.2, 0.25) is 0 Å². The van der Waals surface area contributed by atoms with Crippen LogP contribution in [0.3, 0.4) is 0 Å². The predicted octanol–water partition coefficient (Wildman–Crippen LogP) is 14.7. The zero-order valence-electron chi connectivity index (χ0n) is 37.0. The molecule has 0 saturated heterocycles. The van der Waals surface area contributed by atoms with E-state index in [1.807, 2.05) is 36.5 Å². The molecule has 0 aliphatic heterocycles. The van der Waals surface area contributed by atoms with Gasteiger partial charge in [0.1, 0.15) is 5.58 Å². The number of aromatic nitrogens is 3. The van der Waals surface area contributed by atoms with Crippen LogP contribution in [0.1, 0.15) is 77.0 Å². The summed E-state index contributed by atoms with van der Waals surface area (Å²) in [7, 11) is -1.23. The van der Waals surface area contributed by atoms with Crippen LogP contribution in [0.25, 0.3) is 72.4 Å². The quantitative estimate of drug-likeness (QED) is 0.118. The van der Waals surface area contributed by atoms with Crippen LogP contribution < -0.4 is 5.19 Å². The number of pyridine rings is 1. The van der Waals surface area contributed by atoms with Gasteiger partial charge < -0.3 is 14.0 Å². The number of furan rings is 1. The van der Waals surface area contributed by atoms with Crippen LogP contribution in [0.2, 0.25) is 19.6 Å². The maximum absolute atomic E-state index is 6.74. The van der Waals surface area contributed by atoms with Crippen molar-refractivity contribution in [3.8, 4) is 39.5 Å². The zero-order chi connectivity index (χ0) is 42.3. The molecule has 0 unspecified atom stereocenters. The first-order valence-electron chi connectivity index (χ1n) is 21.2. The molecule has 0 atom stereocenters. The van der Waals surface area contributed by atoms with Gasteiger partial charge in [0, 0.05) is 37.4 Å². The van der Waals surface area contributed by atoms with Crippen LogP contribution in [0.15, 0.2) is 144 Å². The predicted molar refractivity (Wildman–Crippen MR) is 256 cm³/mol. The first-order chi connectivity index (χ1) is 28.7. The molecule has 0 amide bonds. The fraction of sp³-hybridized carbons (Fsp3) is 0.236. The number of hydrogen-bond donors (Lipinski definition) is 0. The van der Waals surface area contributed by atoms with Crippen molar-refractivity contribution >= 4 is 46.2 Å². The smallest absolute Gasteiger partial charge is 0.121 e. The van der Waals surface area contributed by atoms with Crippen LogP contribution >= 0.6 is 0 Å². The fourth-order valence-electron chi connectivity index (χ4n) is 7.99. The summed E-state index contributed by atoms with van der Waals surface area (Å²) in [5, 5.41) is 3.56. The molecule has 3 aromatic heterocycles. The van der Waals surface area contributed by atoms with E-state index in [1.54, 1.807) is 0 Å². The van der Waals surface area contributed by atoms with Gasteiger partial charge in [-0.2, -0.15) is 0 Å². The van der Waals surface area contributed by atoms with E-state index < -0.39 is 8.07 Å². The summed E-state index contributed by atoms with van der Waals surface area (Å²) < 4.78 is 9.08. The maximum atomic E-state index is 6.74. The molecule has 0 N–H and O–H groups in total. The monoisotopic (exact) mass is 994 g/mol. The molecule has 1 radical (unpaired) electrons. The molecular weight excluding hydrogens is 939 g/mol. The van der Waals surface area contributed by atoms with Crippen LogP contribution in [-0.2, 0) is 25.5 Å². The Kier molecular flexibility index (Phi) is 12.6. The van der Waals surface area contributed by atoms with Crippen molar-refractivity contribution in [2.75, 3.05) is 0 Å². The topological polar surface area (TPSA) is 43.9 Å². The maximum Gasteiger partial charge on any atom is 0.121 e. The summed E-state index contributed by atoms with van der Waals surface area (Å²) in [4.78, 5) is 9.76. The summed E-state index contributed by atoms with van der Waals surface area (Å²) >= 11 is 0. The minimum Gasteiger partial charge on any atom is -0.501 e. The largest absolute Gasteiger partial charge is 0.501 e. The van der Waals surface area contributed by atoms with E-state index in [4.69, 9.17) is 9.40 Å². The van der Waals surface area contributed by atoms with Crippen LogP contribution in [0.5, 0.6) is 0 Å². The number of hydrogen-bond acceptors (Lipinski definition) is 3. The summed E-state index contributed by atoms with van der Waals surface area (Å²) in [5.74, 6) is 1.54. The second-order valence-corrected chi connectivity index (χ2v) is 23.6. The normalized spacial score (nSPS) is 11.9. The molecule has 9 rings (SSSR count). The minimum atomic E-state index is -1.23. The van der Waals surface area contributed by atoms with Gasteiger partial charge in [-0.3, -0.25) is 4.98 Å². The standard InChI is InChI=1S/C41H39N2O.C14H16NSi.Ir/c1-25(2)30-12-10-13-31(26(3)4)38(30)43-36-17-9-8-16-35(36)42-40(43)34-15-11-14-33-32-23-20-28(24-37(32)44-39(33)34)27-18-21-29(22-19-27)41(5,6)7;1-16(2,3)13-9-10-14(15-11-13)12-7-5-4-6-8-12;/h8-14,16-26H,1-7H3;4-7,9-11H,1-3H3;/q2*-1;. The molecule has 0 fully saturated rings. The number of imidazole rings is 1. The zero-order valence-corrected chi connectivity index (χ0v) is 40.4. The van der Waals surface area contributed by atoms with E-state index in [1.165, 1.54) is 33.1 Å². The van der Waals surface area contributed by atoms with Crippen LogP contribution in [0.4, 0.5) is 0 Å². The molecule has 311 valence electrons. The summed E-state index contributed by atoms with van der Waals surface area (Å²) in [6.45, 7) is 22.8.